The summed E-state index contributed by atoms with van der Waals surface area (Å²) in [6.45, 7) is 3.63. The molecule has 1 fully saturated rings. The lowest BCUT2D eigenvalue weighted by molar-refractivity contribution is -0.136. The van der Waals surface area contributed by atoms with Gasteiger partial charge in [-0.05, 0) is 42.5 Å². The second kappa shape index (κ2) is 8.59. The molecule has 0 radical (unpaired) electrons. The van der Waals surface area contributed by atoms with Crippen molar-refractivity contribution in [3.8, 4) is 0 Å². The smallest absolute Gasteiger partial charge is 0.257 e. The van der Waals surface area contributed by atoms with Crippen molar-refractivity contribution in [1.82, 2.24) is 9.80 Å². The standard InChI is InChI=1S/C24H30N4O3/c1-17(18-5-3-2-4-6-18)13-22(29)27-11-9-24(31,10-12-27)15-28-16-26-21-14-19(25)7-8-20(21)23(28)30/h2-8,14,17,26,31H,9-13,15-16,25H2,1H3/t17-/m1/s1. The van der Waals surface area contributed by atoms with Crippen LogP contribution in [0.2, 0.25) is 0 Å². The topological polar surface area (TPSA) is 98.9 Å². The first kappa shape index (κ1) is 21.2. The number of fused-ring (bicyclic) bond motifs is 1. The Labute approximate surface area is 182 Å². The highest BCUT2D eigenvalue weighted by atomic mass is 16.3. The number of hydrogen-bond donors (Lipinski definition) is 3. The molecule has 2 amide bonds. The van der Waals surface area contributed by atoms with Crippen LogP contribution in [0.3, 0.4) is 0 Å². The third kappa shape index (κ3) is 4.66. The predicted octanol–water partition coefficient (Wildman–Crippen LogP) is 2.64. The summed E-state index contributed by atoms with van der Waals surface area (Å²) in [7, 11) is 0. The zero-order valence-corrected chi connectivity index (χ0v) is 17.9. The lowest BCUT2D eigenvalue weighted by Gasteiger charge is -2.42. The fraction of sp³-hybridized carbons (Fsp3) is 0.417. The maximum atomic E-state index is 12.8. The Morgan fingerprint density at radius 2 is 1.90 bits per heavy atom. The van der Waals surface area contributed by atoms with Crippen molar-refractivity contribution in [3.63, 3.8) is 0 Å². The molecule has 164 valence electrons. The minimum absolute atomic E-state index is 0.112. The number of nitrogens with one attached hydrogen (secondary N) is 1. The number of β-amino-alcohol motifs (C(OH)–C–C–N with tert-alkyl or cyclic N) is 1. The van der Waals surface area contributed by atoms with E-state index in [0.717, 1.165) is 11.3 Å². The van der Waals surface area contributed by atoms with E-state index in [2.05, 4.69) is 12.2 Å². The first-order chi connectivity index (χ1) is 14.8. The molecule has 31 heavy (non-hydrogen) atoms. The molecule has 0 aliphatic carbocycles. The summed E-state index contributed by atoms with van der Waals surface area (Å²) < 4.78 is 0. The van der Waals surface area contributed by atoms with E-state index in [1.807, 2.05) is 35.2 Å². The highest BCUT2D eigenvalue weighted by Crippen LogP contribution is 2.29. The van der Waals surface area contributed by atoms with E-state index in [0.29, 0.717) is 50.3 Å². The van der Waals surface area contributed by atoms with E-state index in [9.17, 15) is 14.7 Å². The van der Waals surface area contributed by atoms with Crippen LogP contribution in [0.5, 0.6) is 0 Å². The van der Waals surface area contributed by atoms with Gasteiger partial charge in [0.1, 0.15) is 0 Å². The maximum absolute atomic E-state index is 12.8. The second-order valence-electron chi connectivity index (χ2n) is 8.76. The summed E-state index contributed by atoms with van der Waals surface area (Å²) in [5.41, 5.74) is 7.84. The average Bonchev–Trinajstić information content (AvgIpc) is 2.76. The summed E-state index contributed by atoms with van der Waals surface area (Å²) in [5, 5.41) is 14.3. The Bertz CT molecular complexity index is 955. The number of nitrogen functional groups attached to an aromatic ring is 1. The molecule has 2 aromatic rings. The summed E-state index contributed by atoms with van der Waals surface area (Å²) in [5.74, 6) is 0.152. The number of piperidine rings is 1. The molecule has 2 aliphatic heterocycles. The molecule has 0 aromatic heterocycles. The first-order valence-corrected chi connectivity index (χ1v) is 10.8. The fourth-order valence-corrected chi connectivity index (χ4v) is 4.42. The van der Waals surface area contributed by atoms with Gasteiger partial charge in [0.2, 0.25) is 5.91 Å². The number of likely N-dealkylation sites (tertiary alicyclic amines) is 1. The van der Waals surface area contributed by atoms with Crippen molar-refractivity contribution in [2.45, 2.75) is 37.7 Å². The zero-order valence-electron chi connectivity index (χ0n) is 17.9. The largest absolute Gasteiger partial charge is 0.399 e. The van der Waals surface area contributed by atoms with Gasteiger partial charge in [-0.1, -0.05) is 37.3 Å². The molecule has 1 saturated heterocycles. The molecule has 0 spiro atoms. The van der Waals surface area contributed by atoms with Gasteiger partial charge < -0.3 is 26.0 Å². The summed E-state index contributed by atoms with van der Waals surface area (Å²) in [4.78, 5) is 29.1. The van der Waals surface area contributed by atoms with Crippen LogP contribution in [0.15, 0.2) is 48.5 Å². The van der Waals surface area contributed by atoms with Gasteiger partial charge in [-0.2, -0.15) is 0 Å². The number of benzene rings is 2. The molecule has 2 heterocycles. The van der Waals surface area contributed by atoms with Gasteiger partial charge >= 0.3 is 0 Å². The van der Waals surface area contributed by atoms with Crippen LogP contribution in [-0.2, 0) is 4.79 Å². The van der Waals surface area contributed by atoms with Crippen LogP contribution >= 0.6 is 0 Å². The highest BCUT2D eigenvalue weighted by molar-refractivity contribution is 6.01. The van der Waals surface area contributed by atoms with Gasteiger partial charge in [-0.25, -0.2) is 0 Å². The fourth-order valence-electron chi connectivity index (χ4n) is 4.42. The number of hydrogen-bond acceptors (Lipinski definition) is 5. The first-order valence-electron chi connectivity index (χ1n) is 10.8. The van der Waals surface area contributed by atoms with Crippen LogP contribution in [-0.4, -0.2) is 58.6 Å². The lowest BCUT2D eigenvalue weighted by Crippen LogP contribution is -2.54. The number of amides is 2. The number of carbonyl (C=O) groups is 2. The Morgan fingerprint density at radius 1 is 1.19 bits per heavy atom. The molecule has 0 unspecified atom stereocenters. The average molecular weight is 423 g/mol. The van der Waals surface area contributed by atoms with Crippen LogP contribution in [0, 0.1) is 0 Å². The van der Waals surface area contributed by atoms with E-state index < -0.39 is 5.60 Å². The van der Waals surface area contributed by atoms with Crippen molar-refractivity contribution in [2.24, 2.45) is 0 Å². The van der Waals surface area contributed by atoms with Crippen molar-refractivity contribution in [2.75, 3.05) is 37.4 Å². The number of carbonyl (C=O) groups excluding carboxylic acids is 2. The van der Waals surface area contributed by atoms with Gasteiger partial charge in [0.25, 0.3) is 5.91 Å². The van der Waals surface area contributed by atoms with Crippen LogP contribution in [0.1, 0.15) is 48.0 Å². The van der Waals surface area contributed by atoms with E-state index in [-0.39, 0.29) is 24.3 Å². The zero-order chi connectivity index (χ0) is 22.0. The van der Waals surface area contributed by atoms with Gasteiger partial charge in [-0.3, -0.25) is 9.59 Å². The number of rotatable bonds is 5. The normalized spacial score (nSPS) is 18.8. The molecule has 4 N–H and O–H groups in total. The minimum atomic E-state index is -0.996. The molecule has 2 aliphatic rings. The summed E-state index contributed by atoms with van der Waals surface area (Å²) in [6, 6.07) is 15.2. The van der Waals surface area contributed by atoms with Gasteiger partial charge in [0.15, 0.2) is 0 Å². The van der Waals surface area contributed by atoms with Crippen molar-refractivity contribution in [1.29, 1.82) is 0 Å². The molecular weight excluding hydrogens is 392 g/mol. The van der Waals surface area contributed by atoms with E-state index in [4.69, 9.17) is 5.73 Å². The Hall–Kier alpha value is -3.06. The number of nitrogens with zero attached hydrogens (tertiary/aromatic N) is 2. The molecule has 4 rings (SSSR count). The maximum Gasteiger partial charge on any atom is 0.257 e. The highest BCUT2D eigenvalue weighted by Gasteiger charge is 2.38. The Kier molecular flexibility index (Phi) is 5.87. The summed E-state index contributed by atoms with van der Waals surface area (Å²) in [6.07, 6.45) is 1.37. The third-order valence-corrected chi connectivity index (χ3v) is 6.40. The van der Waals surface area contributed by atoms with Crippen LogP contribution < -0.4 is 11.1 Å². The Morgan fingerprint density at radius 3 is 2.61 bits per heavy atom. The molecule has 0 bridgehead atoms. The third-order valence-electron chi connectivity index (χ3n) is 6.40. The predicted molar refractivity (Wildman–Crippen MR) is 121 cm³/mol. The van der Waals surface area contributed by atoms with Crippen LogP contribution in [0.4, 0.5) is 11.4 Å². The molecule has 1 atom stereocenters. The van der Waals surface area contributed by atoms with Crippen molar-refractivity contribution >= 4 is 23.2 Å². The number of aliphatic hydroxyl groups is 1. The van der Waals surface area contributed by atoms with Gasteiger partial charge in [0, 0.05) is 25.2 Å². The summed E-state index contributed by atoms with van der Waals surface area (Å²) >= 11 is 0. The molecule has 7 nitrogen and oxygen atoms in total. The van der Waals surface area contributed by atoms with Gasteiger partial charge in [0.05, 0.1) is 30.1 Å². The van der Waals surface area contributed by atoms with E-state index >= 15 is 0 Å². The molecule has 0 saturated carbocycles. The second-order valence-corrected chi connectivity index (χ2v) is 8.76. The number of anilines is 2. The monoisotopic (exact) mass is 422 g/mol. The molecule has 7 heteroatoms. The quantitative estimate of drug-likeness (QED) is 0.644. The van der Waals surface area contributed by atoms with Crippen molar-refractivity contribution < 1.29 is 14.7 Å². The van der Waals surface area contributed by atoms with Gasteiger partial charge in [-0.15, -0.1) is 0 Å². The lowest BCUT2D eigenvalue weighted by atomic mass is 9.89. The van der Waals surface area contributed by atoms with Crippen LogP contribution in [0.25, 0.3) is 0 Å². The molecule has 2 aromatic carbocycles. The minimum Gasteiger partial charge on any atom is -0.399 e. The van der Waals surface area contributed by atoms with Crippen molar-refractivity contribution in [3.05, 3.63) is 59.7 Å². The number of nitrogens with two attached hydrogens (primary N) is 1. The molecular formula is C24H30N4O3. The SMILES string of the molecule is C[C@H](CC(=O)N1CCC(O)(CN2CNc3cc(N)ccc3C2=O)CC1)c1ccccc1. The van der Waals surface area contributed by atoms with E-state index in [1.54, 1.807) is 23.1 Å². The van der Waals surface area contributed by atoms with E-state index in [1.165, 1.54) is 0 Å². The Balaban J connectivity index is 1.32.